The lowest BCUT2D eigenvalue weighted by Crippen LogP contribution is -2.26. The van der Waals surface area contributed by atoms with Gasteiger partial charge in [0.15, 0.2) is 5.13 Å². The first kappa shape index (κ1) is 10.3. The molecule has 3 fully saturated rings. The van der Waals surface area contributed by atoms with Crippen molar-refractivity contribution in [3.05, 3.63) is 11.1 Å². The Balaban J connectivity index is 1.49. The zero-order valence-corrected chi connectivity index (χ0v) is 11.1. The van der Waals surface area contributed by atoms with Crippen molar-refractivity contribution in [3.63, 3.8) is 0 Å². The number of rotatable bonds is 2. The standard InChI is InChI=1S/C13H19N3S/c1-15-4-10-6-16(7-11(10)5-15)13-14-12(8-17-13)9-2-3-9/h8-11H,2-7H2,1H3. The van der Waals surface area contributed by atoms with E-state index >= 15 is 0 Å². The highest BCUT2D eigenvalue weighted by atomic mass is 32.1. The van der Waals surface area contributed by atoms with E-state index < -0.39 is 0 Å². The van der Waals surface area contributed by atoms with Crippen molar-refractivity contribution < 1.29 is 0 Å². The van der Waals surface area contributed by atoms with Crippen molar-refractivity contribution in [1.82, 2.24) is 9.88 Å². The molecule has 3 nitrogen and oxygen atoms in total. The maximum atomic E-state index is 4.83. The monoisotopic (exact) mass is 249 g/mol. The third kappa shape index (κ3) is 1.78. The molecule has 3 aliphatic rings. The van der Waals surface area contributed by atoms with Gasteiger partial charge in [0, 0.05) is 37.5 Å². The summed E-state index contributed by atoms with van der Waals surface area (Å²) in [4.78, 5) is 9.83. The van der Waals surface area contributed by atoms with Crippen LogP contribution in [0.4, 0.5) is 5.13 Å². The Hall–Kier alpha value is -0.610. The van der Waals surface area contributed by atoms with Gasteiger partial charge in [0.2, 0.25) is 0 Å². The Bertz CT molecular complexity index is 412. The van der Waals surface area contributed by atoms with E-state index in [1.165, 1.54) is 49.8 Å². The number of anilines is 1. The smallest absolute Gasteiger partial charge is 0.185 e. The summed E-state index contributed by atoms with van der Waals surface area (Å²) < 4.78 is 0. The molecule has 0 aromatic carbocycles. The fourth-order valence-corrected chi connectivity index (χ4v) is 4.30. The second-order valence-corrected chi connectivity index (χ2v) is 6.81. The molecule has 0 amide bonds. The number of likely N-dealkylation sites (tertiary alicyclic amines) is 1. The van der Waals surface area contributed by atoms with Crippen LogP contribution in [0.1, 0.15) is 24.5 Å². The van der Waals surface area contributed by atoms with Crippen LogP contribution in [0.3, 0.4) is 0 Å². The van der Waals surface area contributed by atoms with Crippen LogP contribution in [-0.4, -0.2) is 43.1 Å². The summed E-state index contributed by atoms with van der Waals surface area (Å²) >= 11 is 1.86. The van der Waals surface area contributed by atoms with E-state index in [1.54, 1.807) is 0 Å². The van der Waals surface area contributed by atoms with Gasteiger partial charge >= 0.3 is 0 Å². The van der Waals surface area contributed by atoms with E-state index in [9.17, 15) is 0 Å². The second kappa shape index (κ2) is 3.69. The summed E-state index contributed by atoms with van der Waals surface area (Å²) in [5.74, 6) is 2.56. The summed E-state index contributed by atoms with van der Waals surface area (Å²) in [5.41, 5.74) is 1.36. The predicted octanol–water partition coefficient (Wildman–Crippen LogP) is 2.02. The lowest BCUT2D eigenvalue weighted by molar-refractivity contribution is 0.387. The number of nitrogens with zero attached hydrogens (tertiary/aromatic N) is 3. The molecule has 0 spiro atoms. The predicted molar refractivity (Wildman–Crippen MR) is 70.8 cm³/mol. The van der Waals surface area contributed by atoms with Crippen LogP contribution in [-0.2, 0) is 0 Å². The van der Waals surface area contributed by atoms with Gasteiger partial charge in [-0.2, -0.15) is 0 Å². The minimum atomic E-state index is 0.799. The fraction of sp³-hybridized carbons (Fsp3) is 0.769. The van der Waals surface area contributed by atoms with Crippen LogP contribution in [0, 0.1) is 11.8 Å². The Morgan fingerprint density at radius 3 is 2.53 bits per heavy atom. The molecule has 1 aromatic heterocycles. The topological polar surface area (TPSA) is 19.4 Å². The van der Waals surface area contributed by atoms with E-state index in [0.29, 0.717) is 0 Å². The first-order valence-electron chi connectivity index (χ1n) is 6.68. The molecule has 4 heteroatoms. The van der Waals surface area contributed by atoms with Crippen molar-refractivity contribution in [2.24, 2.45) is 11.8 Å². The molecule has 1 saturated carbocycles. The van der Waals surface area contributed by atoms with Crippen LogP contribution < -0.4 is 4.90 Å². The number of fused-ring (bicyclic) bond motifs is 1. The molecule has 2 unspecified atom stereocenters. The van der Waals surface area contributed by atoms with Crippen molar-refractivity contribution in [3.8, 4) is 0 Å². The molecule has 17 heavy (non-hydrogen) atoms. The maximum Gasteiger partial charge on any atom is 0.185 e. The first-order chi connectivity index (χ1) is 8.29. The van der Waals surface area contributed by atoms with Gasteiger partial charge in [-0.3, -0.25) is 0 Å². The molecule has 1 aromatic rings. The summed E-state index contributed by atoms with van der Waals surface area (Å²) in [6, 6.07) is 0. The zero-order valence-electron chi connectivity index (χ0n) is 10.3. The lowest BCUT2D eigenvalue weighted by atomic mass is 10.0. The average Bonchev–Trinajstić information content (AvgIpc) is 2.75. The van der Waals surface area contributed by atoms with Gasteiger partial charge in [0.1, 0.15) is 0 Å². The van der Waals surface area contributed by atoms with E-state index in [-0.39, 0.29) is 0 Å². The third-order valence-electron chi connectivity index (χ3n) is 4.44. The van der Waals surface area contributed by atoms with Crippen molar-refractivity contribution >= 4 is 16.5 Å². The zero-order chi connectivity index (χ0) is 11.4. The fourth-order valence-electron chi connectivity index (χ4n) is 3.37. The number of hydrogen-bond acceptors (Lipinski definition) is 4. The van der Waals surface area contributed by atoms with Crippen molar-refractivity contribution in [2.45, 2.75) is 18.8 Å². The van der Waals surface area contributed by atoms with Gasteiger partial charge in [0.05, 0.1) is 5.69 Å². The quantitative estimate of drug-likeness (QED) is 0.799. The van der Waals surface area contributed by atoms with Gasteiger partial charge in [0.25, 0.3) is 0 Å². The van der Waals surface area contributed by atoms with Gasteiger partial charge in [-0.15, -0.1) is 11.3 Å². The van der Waals surface area contributed by atoms with E-state index in [1.807, 2.05) is 11.3 Å². The van der Waals surface area contributed by atoms with E-state index in [4.69, 9.17) is 4.98 Å². The van der Waals surface area contributed by atoms with Crippen LogP contribution in [0.2, 0.25) is 0 Å². The van der Waals surface area contributed by atoms with Crippen LogP contribution in [0.25, 0.3) is 0 Å². The molecular formula is C13H19N3S. The van der Waals surface area contributed by atoms with Crippen LogP contribution in [0.5, 0.6) is 0 Å². The first-order valence-corrected chi connectivity index (χ1v) is 7.56. The highest BCUT2D eigenvalue weighted by Crippen LogP contribution is 2.42. The minimum Gasteiger partial charge on any atom is -0.347 e. The third-order valence-corrected chi connectivity index (χ3v) is 5.36. The lowest BCUT2D eigenvalue weighted by Gasteiger charge is -2.18. The Morgan fingerprint density at radius 2 is 1.88 bits per heavy atom. The largest absolute Gasteiger partial charge is 0.347 e. The Morgan fingerprint density at radius 1 is 1.18 bits per heavy atom. The van der Waals surface area contributed by atoms with Crippen LogP contribution >= 0.6 is 11.3 Å². The summed E-state index contributed by atoms with van der Waals surface area (Å²) in [6.45, 7) is 5.02. The molecule has 92 valence electrons. The van der Waals surface area contributed by atoms with Gasteiger partial charge in [-0.25, -0.2) is 4.98 Å². The number of thiazole rings is 1. The highest BCUT2D eigenvalue weighted by Gasteiger charge is 2.39. The van der Waals surface area contributed by atoms with E-state index in [2.05, 4.69) is 22.2 Å². The molecule has 1 aliphatic carbocycles. The Labute approximate surface area is 106 Å². The molecule has 2 aliphatic heterocycles. The maximum absolute atomic E-state index is 4.83. The molecule has 4 rings (SSSR count). The number of hydrogen-bond donors (Lipinski definition) is 0. The molecule has 2 atom stereocenters. The van der Waals surface area contributed by atoms with Crippen molar-refractivity contribution in [1.29, 1.82) is 0 Å². The normalized spacial score (nSPS) is 33.4. The summed E-state index contributed by atoms with van der Waals surface area (Å²) in [6.07, 6.45) is 2.72. The van der Waals surface area contributed by atoms with Gasteiger partial charge in [-0.1, -0.05) is 0 Å². The van der Waals surface area contributed by atoms with Gasteiger partial charge < -0.3 is 9.80 Å². The molecule has 0 bridgehead atoms. The molecular weight excluding hydrogens is 230 g/mol. The van der Waals surface area contributed by atoms with E-state index in [0.717, 1.165) is 17.8 Å². The summed E-state index contributed by atoms with van der Waals surface area (Å²) in [5, 5.41) is 3.57. The van der Waals surface area contributed by atoms with Crippen molar-refractivity contribution in [2.75, 3.05) is 38.1 Å². The second-order valence-electron chi connectivity index (χ2n) is 5.98. The Kier molecular flexibility index (Phi) is 2.24. The molecule has 0 N–H and O–H groups in total. The van der Waals surface area contributed by atoms with Gasteiger partial charge in [-0.05, 0) is 31.7 Å². The molecule has 3 heterocycles. The molecule has 0 radical (unpaired) electrons. The molecule has 2 saturated heterocycles. The SMILES string of the molecule is CN1CC2CN(c3nc(C4CC4)cs3)CC2C1. The number of aromatic nitrogens is 1. The summed E-state index contributed by atoms with van der Waals surface area (Å²) in [7, 11) is 2.25. The van der Waals surface area contributed by atoms with Crippen LogP contribution in [0.15, 0.2) is 5.38 Å². The minimum absolute atomic E-state index is 0.799. The highest BCUT2D eigenvalue weighted by molar-refractivity contribution is 7.13. The average molecular weight is 249 g/mol.